The van der Waals surface area contributed by atoms with Gasteiger partial charge in [0, 0.05) is 20.1 Å². The average molecular weight is 373 g/mol. The molecule has 1 unspecified atom stereocenters. The number of nitrogens with zero attached hydrogens (tertiary/aromatic N) is 1. The number of halogens is 1. The molecular weight excluding hydrogens is 345 g/mol. The van der Waals surface area contributed by atoms with E-state index in [1.54, 1.807) is 13.1 Å². The van der Waals surface area contributed by atoms with Gasteiger partial charge in [-0.15, -0.1) is 0 Å². The van der Waals surface area contributed by atoms with Crippen LogP contribution in [0.15, 0.2) is 53.5 Å². The number of rotatable bonds is 9. The summed E-state index contributed by atoms with van der Waals surface area (Å²) in [5.41, 5.74) is 1.98. The minimum Gasteiger partial charge on any atom is -0.494 e. The summed E-state index contributed by atoms with van der Waals surface area (Å²) in [7, 11) is 3.16. The van der Waals surface area contributed by atoms with Crippen molar-refractivity contribution in [3.8, 4) is 5.75 Å². The van der Waals surface area contributed by atoms with Crippen molar-refractivity contribution in [3.63, 3.8) is 0 Å². The summed E-state index contributed by atoms with van der Waals surface area (Å²) in [6, 6.07) is 15.0. The summed E-state index contributed by atoms with van der Waals surface area (Å²) in [6.07, 6.45) is 0. The molecule has 0 aliphatic rings. The second-order valence-corrected chi connectivity index (χ2v) is 6.38. The lowest BCUT2D eigenvalue weighted by molar-refractivity contribution is 0.0931. The molecule has 0 spiro atoms. The Morgan fingerprint density at radius 3 is 2.56 bits per heavy atom. The summed E-state index contributed by atoms with van der Waals surface area (Å²) < 4.78 is 24.4. The van der Waals surface area contributed by atoms with Gasteiger partial charge >= 0.3 is 0 Å². The van der Waals surface area contributed by atoms with E-state index in [2.05, 4.69) is 34.7 Å². The largest absolute Gasteiger partial charge is 0.494 e. The Morgan fingerprint density at radius 1 is 1.11 bits per heavy atom. The van der Waals surface area contributed by atoms with Gasteiger partial charge in [-0.2, -0.15) is 0 Å². The highest BCUT2D eigenvalue weighted by molar-refractivity contribution is 5.79. The van der Waals surface area contributed by atoms with E-state index in [0.717, 1.165) is 12.1 Å². The van der Waals surface area contributed by atoms with E-state index in [4.69, 9.17) is 9.47 Å². The second-order valence-electron chi connectivity index (χ2n) is 6.38. The van der Waals surface area contributed by atoms with E-state index in [-0.39, 0.29) is 11.6 Å². The zero-order valence-corrected chi connectivity index (χ0v) is 16.2. The van der Waals surface area contributed by atoms with Crippen LogP contribution in [-0.2, 0) is 17.9 Å². The number of ether oxygens (including phenoxy) is 2. The van der Waals surface area contributed by atoms with Crippen molar-refractivity contribution in [1.29, 1.82) is 0 Å². The second kappa shape index (κ2) is 11.2. The molecule has 2 aromatic rings. The van der Waals surface area contributed by atoms with Crippen molar-refractivity contribution in [2.24, 2.45) is 10.9 Å². The predicted molar refractivity (Wildman–Crippen MR) is 106 cm³/mol. The zero-order chi connectivity index (χ0) is 19.5. The van der Waals surface area contributed by atoms with Crippen LogP contribution in [0.1, 0.15) is 18.1 Å². The maximum atomic E-state index is 13.7. The Hall–Kier alpha value is -2.60. The Kier molecular flexibility index (Phi) is 8.58. The van der Waals surface area contributed by atoms with Crippen LogP contribution >= 0.6 is 0 Å². The van der Waals surface area contributed by atoms with Gasteiger partial charge in [-0.05, 0) is 29.2 Å². The number of hydrogen-bond acceptors (Lipinski definition) is 3. The lowest BCUT2D eigenvalue weighted by atomic mass is 10.2. The Morgan fingerprint density at radius 2 is 1.89 bits per heavy atom. The van der Waals surface area contributed by atoms with Gasteiger partial charge in [0.25, 0.3) is 0 Å². The molecule has 0 heterocycles. The van der Waals surface area contributed by atoms with Gasteiger partial charge in [0.2, 0.25) is 0 Å². The van der Waals surface area contributed by atoms with Gasteiger partial charge in [0.15, 0.2) is 17.5 Å². The first-order valence-corrected chi connectivity index (χ1v) is 9.01. The van der Waals surface area contributed by atoms with Crippen molar-refractivity contribution in [2.75, 3.05) is 27.3 Å². The molecule has 0 radical (unpaired) electrons. The molecule has 27 heavy (non-hydrogen) atoms. The van der Waals surface area contributed by atoms with Crippen molar-refractivity contribution in [3.05, 3.63) is 65.5 Å². The molecule has 5 nitrogen and oxygen atoms in total. The lowest BCUT2D eigenvalue weighted by Gasteiger charge is -2.16. The lowest BCUT2D eigenvalue weighted by Crippen LogP contribution is -2.39. The molecule has 0 bridgehead atoms. The number of benzene rings is 2. The molecule has 2 N–H and O–H groups in total. The maximum absolute atomic E-state index is 13.7. The van der Waals surface area contributed by atoms with Crippen LogP contribution in [0.4, 0.5) is 4.39 Å². The molecule has 0 amide bonds. The van der Waals surface area contributed by atoms with Gasteiger partial charge in [-0.25, -0.2) is 4.39 Å². The van der Waals surface area contributed by atoms with Gasteiger partial charge in [-0.3, -0.25) is 4.99 Å². The quantitative estimate of drug-likeness (QED) is 0.523. The summed E-state index contributed by atoms with van der Waals surface area (Å²) in [6.45, 7) is 4.58. The molecule has 6 heteroatoms. The number of methoxy groups -OCH3 is 1. The fraction of sp³-hybridized carbons (Fsp3) is 0.381. The van der Waals surface area contributed by atoms with E-state index < -0.39 is 0 Å². The number of aliphatic imine (C=N–C) groups is 1. The molecule has 0 fully saturated rings. The zero-order valence-electron chi connectivity index (χ0n) is 16.2. The van der Waals surface area contributed by atoms with Crippen LogP contribution in [0, 0.1) is 11.7 Å². The SMILES string of the molecule is CN=C(NCc1ccc(OC)c(F)c1)NCC(C)COCc1ccccc1. The third-order valence-corrected chi connectivity index (χ3v) is 4.03. The van der Waals surface area contributed by atoms with Gasteiger partial charge < -0.3 is 20.1 Å². The highest BCUT2D eigenvalue weighted by Gasteiger charge is 2.07. The first-order chi connectivity index (χ1) is 13.1. The Labute approximate surface area is 160 Å². The van der Waals surface area contributed by atoms with E-state index >= 15 is 0 Å². The maximum Gasteiger partial charge on any atom is 0.191 e. The Balaban J connectivity index is 1.69. The first kappa shape index (κ1) is 20.7. The van der Waals surface area contributed by atoms with Crippen LogP contribution in [0.3, 0.4) is 0 Å². The summed E-state index contributed by atoms with van der Waals surface area (Å²) in [5, 5.41) is 6.44. The summed E-state index contributed by atoms with van der Waals surface area (Å²) in [5.74, 6) is 0.862. The molecule has 146 valence electrons. The molecule has 2 aromatic carbocycles. The standard InChI is InChI=1S/C21H28FN3O2/c1-16(14-27-15-17-7-5-4-6-8-17)12-24-21(23-2)25-13-18-9-10-20(26-3)19(22)11-18/h4-11,16H,12-15H2,1-3H3,(H2,23,24,25). The predicted octanol–water partition coefficient (Wildman–Crippen LogP) is 3.35. The number of guanidine groups is 1. The van der Waals surface area contributed by atoms with Crippen molar-refractivity contribution in [1.82, 2.24) is 10.6 Å². The van der Waals surface area contributed by atoms with Crippen molar-refractivity contribution in [2.45, 2.75) is 20.1 Å². The first-order valence-electron chi connectivity index (χ1n) is 9.01. The minimum absolute atomic E-state index is 0.241. The summed E-state index contributed by atoms with van der Waals surface area (Å²) >= 11 is 0. The molecular formula is C21H28FN3O2. The van der Waals surface area contributed by atoms with Gasteiger partial charge in [-0.1, -0.05) is 43.3 Å². The number of hydrogen-bond donors (Lipinski definition) is 2. The molecule has 2 rings (SSSR count). The van der Waals surface area contributed by atoms with Crippen LogP contribution < -0.4 is 15.4 Å². The third-order valence-electron chi connectivity index (χ3n) is 4.03. The van der Waals surface area contributed by atoms with E-state index in [0.29, 0.717) is 31.6 Å². The van der Waals surface area contributed by atoms with Gasteiger partial charge in [0.1, 0.15) is 0 Å². The van der Waals surface area contributed by atoms with Crippen LogP contribution in [-0.4, -0.2) is 33.3 Å². The average Bonchev–Trinajstić information content (AvgIpc) is 2.69. The molecule has 0 saturated heterocycles. The van der Waals surface area contributed by atoms with Crippen LogP contribution in [0.5, 0.6) is 5.75 Å². The topological polar surface area (TPSA) is 54.9 Å². The number of nitrogens with one attached hydrogen (secondary N) is 2. The van der Waals surface area contributed by atoms with Crippen LogP contribution in [0.25, 0.3) is 0 Å². The smallest absolute Gasteiger partial charge is 0.191 e. The highest BCUT2D eigenvalue weighted by Crippen LogP contribution is 2.17. The molecule has 0 aliphatic heterocycles. The van der Waals surface area contributed by atoms with Crippen molar-refractivity contribution < 1.29 is 13.9 Å². The fourth-order valence-electron chi connectivity index (χ4n) is 2.51. The molecule has 0 aromatic heterocycles. The molecule has 1 atom stereocenters. The molecule has 0 aliphatic carbocycles. The summed E-state index contributed by atoms with van der Waals surface area (Å²) in [4.78, 5) is 4.19. The fourth-order valence-corrected chi connectivity index (χ4v) is 2.51. The monoisotopic (exact) mass is 373 g/mol. The highest BCUT2D eigenvalue weighted by atomic mass is 19.1. The van der Waals surface area contributed by atoms with E-state index in [1.165, 1.54) is 18.7 Å². The van der Waals surface area contributed by atoms with Crippen LogP contribution in [0.2, 0.25) is 0 Å². The normalized spacial score (nSPS) is 12.5. The minimum atomic E-state index is -0.371. The van der Waals surface area contributed by atoms with E-state index in [1.807, 2.05) is 24.3 Å². The molecule has 0 saturated carbocycles. The Bertz CT molecular complexity index is 723. The van der Waals surface area contributed by atoms with Gasteiger partial charge in [0.05, 0.1) is 20.3 Å². The third kappa shape index (κ3) is 7.27. The van der Waals surface area contributed by atoms with Crippen molar-refractivity contribution >= 4 is 5.96 Å². The van der Waals surface area contributed by atoms with E-state index in [9.17, 15) is 4.39 Å².